The highest BCUT2D eigenvalue weighted by molar-refractivity contribution is 4.88. The van der Waals surface area contributed by atoms with Crippen LogP contribution in [0.1, 0.15) is 13.8 Å². The normalized spacial score (nSPS) is 5.50. The summed E-state index contributed by atoms with van der Waals surface area (Å²) in [6.45, 7) is 20.9. The van der Waals surface area contributed by atoms with Crippen LogP contribution in [-0.2, 0) is 0 Å². The van der Waals surface area contributed by atoms with E-state index in [0.29, 0.717) is 0 Å². The maximum Gasteiger partial charge on any atom is -0.0445 e. The van der Waals surface area contributed by atoms with Gasteiger partial charge in [0.25, 0.3) is 0 Å². The van der Waals surface area contributed by atoms with Gasteiger partial charge < -0.3 is 0 Å². The smallest absolute Gasteiger partial charge is 0.0445 e. The first kappa shape index (κ1) is 17.0. The first-order chi connectivity index (χ1) is 5.56. The third-order valence-corrected chi connectivity index (χ3v) is 0.333. The number of hydrogen-bond acceptors (Lipinski definition) is 0. The van der Waals surface area contributed by atoms with Crippen LogP contribution < -0.4 is 0 Å². The van der Waals surface area contributed by atoms with E-state index >= 15 is 0 Å². The van der Waals surface area contributed by atoms with E-state index < -0.39 is 0 Å². The first-order valence-electron chi connectivity index (χ1n) is 3.65. The summed E-state index contributed by atoms with van der Waals surface area (Å²) in [5.41, 5.74) is 1.17. The molecule has 0 fully saturated rings. The Kier molecular flexibility index (Phi) is 32.0. The topological polar surface area (TPSA) is 0 Å². The van der Waals surface area contributed by atoms with E-state index in [1.807, 2.05) is 13.8 Å². The monoisotopic (exact) mass is 164 g/mol. The van der Waals surface area contributed by atoms with Crippen LogP contribution in [0.15, 0.2) is 62.8 Å². The molecule has 0 aliphatic heterocycles. The molecule has 12 heavy (non-hydrogen) atoms. The molecular weight excluding hydrogens is 144 g/mol. The minimum Gasteiger partial charge on any atom is -0.100 e. The molecule has 0 rings (SSSR count). The molecule has 0 unspecified atom stereocenters. The quantitative estimate of drug-likeness (QED) is 0.421. The zero-order chi connectivity index (χ0) is 10.4. The fourth-order valence-electron chi connectivity index (χ4n) is 0. The lowest BCUT2D eigenvalue weighted by molar-refractivity contribution is 1.42. The van der Waals surface area contributed by atoms with Crippen molar-refractivity contribution in [1.82, 2.24) is 0 Å². The second-order valence-corrected chi connectivity index (χ2v) is 2.15. The Morgan fingerprint density at radius 1 is 0.750 bits per heavy atom. The molecule has 68 valence electrons. The Balaban J connectivity index is -0.000000101. The van der Waals surface area contributed by atoms with Crippen LogP contribution in [0.2, 0.25) is 0 Å². The van der Waals surface area contributed by atoms with E-state index in [0.717, 1.165) is 0 Å². The van der Waals surface area contributed by atoms with Gasteiger partial charge in [0.2, 0.25) is 0 Å². The molecule has 0 aliphatic carbocycles. The van der Waals surface area contributed by atoms with Gasteiger partial charge in [0.15, 0.2) is 0 Å². The minimum absolute atomic E-state index is 1.17. The molecule has 0 aromatic carbocycles. The van der Waals surface area contributed by atoms with Crippen molar-refractivity contribution in [3.63, 3.8) is 0 Å². The van der Waals surface area contributed by atoms with Gasteiger partial charge in [-0.2, -0.15) is 0 Å². The van der Waals surface area contributed by atoms with Crippen molar-refractivity contribution < 1.29 is 0 Å². The van der Waals surface area contributed by atoms with Gasteiger partial charge in [0, 0.05) is 0 Å². The second-order valence-electron chi connectivity index (χ2n) is 2.15. The van der Waals surface area contributed by atoms with Gasteiger partial charge in [-0.1, -0.05) is 56.2 Å². The molecule has 0 bridgehead atoms. The molecule has 0 atom stereocenters. The summed E-state index contributed by atoms with van der Waals surface area (Å²) in [5.74, 6) is 0. The lowest BCUT2D eigenvalue weighted by atomic mass is 10.4. The summed E-state index contributed by atoms with van der Waals surface area (Å²) in [7, 11) is 0. The van der Waals surface area contributed by atoms with Crippen molar-refractivity contribution in [2.75, 3.05) is 0 Å². The molecular formula is C12H20. The zero-order valence-electron chi connectivity index (χ0n) is 8.34. The van der Waals surface area contributed by atoms with Crippen LogP contribution in [-0.4, -0.2) is 0 Å². The van der Waals surface area contributed by atoms with Crippen molar-refractivity contribution >= 4 is 0 Å². The van der Waals surface area contributed by atoms with Gasteiger partial charge in [-0.3, -0.25) is 0 Å². The maximum atomic E-state index is 3.56. The highest BCUT2D eigenvalue weighted by Gasteiger charge is 1.51. The van der Waals surface area contributed by atoms with E-state index in [9.17, 15) is 0 Å². The Labute approximate surface area is 77.3 Å². The van der Waals surface area contributed by atoms with Gasteiger partial charge in [0.05, 0.1) is 0 Å². The van der Waals surface area contributed by atoms with E-state index in [4.69, 9.17) is 0 Å². The molecule has 0 spiro atoms. The predicted octanol–water partition coefficient (Wildman–Crippen LogP) is 4.30. The van der Waals surface area contributed by atoms with Gasteiger partial charge in [0.1, 0.15) is 0 Å². The number of allylic oxidation sites excluding steroid dienone is 5. The standard InChI is InChI=1S/C4H8.2C4H6/c1-4(2)3;2*1-3-4-2/h1H2,2-3H3;2*3-4H,1-2H2. The maximum absolute atomic E-state index is 3.56. The van der Waals surface area contributed by atoms with Crippen molar-refractivity contribution in [3.05, 3.63) is 62.8 Å². The van der Waals surface area contributed by atoms with Crippen molar-refractivity contribution in [1.29, 1.82) is 0 Å². The third-order valence-electron chi connectivity index (χ3n) is 0.333. The Morgan fingerprint density at radius 2 is 0.833 bits per heavy atom. The summed E-state index contributed by atoms with van der Waals surface area (Å²) in [6, 6.07) is 0. The second kappa shape index (κ2) is 22.6. The van der Waals surface area contributed by atoms with Gasteiger partial charge >= 0.3 is 0 Å². The van der Waals surface area contributed by atoms with Gasteiger partial charge in [-0.05, 0) is 13.8 Å². The largest absolute Gasteiger partial charge is 0.100 e. The molecule has 0 amide bonds. The summed E-state index contributed by atoms with van der Waals surface area (Å²) in [4.78, 5) is 0. The number of rotatable bonds is 2. The molecule has 0 saturated carbocycles. The van der Waals surface area contributed by atoms with Crippen LogP contribution in [0, 0.1) is 0 Å². The van der Waals surface area contributed by atoms with Crippen molar-refractivity contribution in [2.45, 2.75) is 13.8 Å². The van der Waals surface area contributed by atoms with Crippen molar-refractivity contribution in [3.8, 4) is 0 Å². The lowest BCUT2D eigenvalue weighted by Gasteiger charge is -1.65. The Morgan fingerprint density at radius 3 is 0.833 bits per heavy atom. The Bertz CT molecular complexity index is 110. The molecule has 0 saturated heterocycles. The molecule has 0 aliphatic rings. The van der Waals surface area contributed by atoms with Crippen LogP contribution in [0.5, 0.6) is 0 Å². The van der Waals surface area contributed by atoms with Crippen LogP contribution in [0.4, 0.5) is 0 Å². The minimum atomic E-state index is 1.17. The summed E-state index contributed by atoms with van der Waals surface area (Å²) in [5, 5.41) is 0. The van der Waals surface area contributed by atoms with E-state index in [2.05, 4.69) is 32.9 Å². The lowest BCUT2D eigenvalue weighted by Crippen LogP contribution is -1.43. The average Bonchev–Trinajstić information content (AvgIpc) is 2.03. The van der Waals surface area contributed by atoms with E-state index in [1.165, 1.54) is 5.57 Å². The molecule has 0 heterocycles. The van der Waals surface area contributed by atoms with Crippen molar-refractivity contribution in [2.24, 2.45) is 0 Å². The molecule has 0 heteroatoms. The highest BCUT2D eigenvalue weighted by Crippen LogP contribution is 1.73. The van der Waals surface area contributed by atoms with Gasteiger partial charge in [-0.15, -0.1) is 6.58 Å². The zero-order valence-corrected chi connectivity index (χ0v) is 8.34. The molecule has 0 nitrogen and oxygen atoms in total. The third kappa shape index (κ3) is 1050. The van der Waals surface area contributed by atoms with Gasteiger partial charge in [-0.25, -0.2) is 0 Å². The highest BCUT2D eigenvalue weighted by atomic mass is 13.6. The average molecular weight is 164 g/mol. The summed E-state index contributed by atoms with van der Waals surface area (Å²) < 4.78 is 0. The molecule has 0 radical (unpaired) electrons. The van der Waals surface area contributed by atoms with E-state index in [1.54, 1.807) is 24.3 Å². The fourth-order valence-corrected chi connectivity index (χ4v) is 0. The van der Waals surface area contributed by atoms with E-state index in [-0.39, 0.29) is 0 Å². The van der Waals surface area contributed by atoms with Crippen LogP contribution in [0.3, 0.4) is 0 Å². The molecule has 0 N–H and O–H groups in total. The van der Waals surface area contributed by atoms with Crippen LogP contribution in [0.25, 0.3) is 0 Å². The first-order valence-corrected chi connectivity index (χ1v) is 3.65. The predicted molar refractivity (Wildman–Crippen MR) is 61.3 cm³/mol. The fraction of sp³-hybridized carbons (Fsp3) is 0.167. The summed E-state index contributed by atoms with van der Waals surface area (Å²) >= 11 is 0. The SMILES string of the molecule is C=C(C)C.C=CC=C.C=CC=C. The Hall–Kier alpha value is -1.30. The molecule has 0 aromatic rings. The summed E-state index contributed by atoms with van der Waals surface area (Å²) in [6.07, 6.45) is 6.56. The number of hydrogen-bond donors (Lipinski definition) is 0. The molecule has 0 aromatic heterocycles. The van der Waals surface area contributed by atoms with Crippen LogP contribution >= 0.6 is 0 Å².